The lowest BCUT2D eigenvalue weighted by atomic mass is 9.88. The normalized spacial score (nSPS) is 11.8. The van der Waals surface area contributed by atoms with Crippen molar-refractivity contribution in [3.8, 4) is 11.5 Å². The minimum absolute atomic E-state index is 0.539. The first-order chi connectivity index (χ1) is 18.1. The molecule has 0 fully saturated rings. The van der Waals surface area contributed by atoms with Crippen LogP contribution in [0.2, 0.25) is 0 Å². The van der Waals surface area contributed by atoms with Crippen LogP contribution in [0.3, 0.4) is 0 Å². The van der Waals surface area contributed by atoms with Crippen LogP contribution in [0.5, 0.6) is 11.5 Å². The second kappa shape index (κ2) is 13.7. The van der Waals surface area contributed by atoms with Crippen LogP contribution in [-0.2, 0) is 6.61 Å². The minimum atomic E-state index is 0.539. The van der Waals surface area contributed by atoms with Crippen molar-refractivity contribution >= 4 is 22.7 Å². The number of halogens is 1. The predicted octanol–water partition coefficient (Wildman–Crippen LogP) is 7.79. The molecule has 0 atom stereocenters. The van der Waals surface area contributed by atoms with Gasteiger partial charge in [0.25, 0.3) is 0 Å². The highest BCUT2D eigenvalue weighted by molar-refractivity contribution is 6.18. The molecule has 0 saturated heterocycles. The molecule has 4 aromatic carbocycles. The summed E-state index contributed by atoms with van der Waals surface area (Å²) in [4.78, 5) is 2.11. The first-order valence-electron chi connectivity index (χ1n) is 12.6. The molecule has 0 aliphatic rings. The Morgan fingerprint density at radius 1 is 0.649 bits per heavy atom. The Bertz CT molecular complexity index is 1250. The zero-order valence-electron chi connectivity index (χ0n) is 21.6. The minimum Gasteiger partial charge on any atom is -0.492 e. The van der Waals surface area contributed by atoms with Gasteiger partial charge >= 0.3 is 0 Å². The molecule has 0 unspecified atom stereocenters. The number of hydrogen-bond donors (Lipinski definition) is 0. The monoisotopic (exact) mass is 511 g/mol. The molecule has 0 saturated carbocycles. The maximum atomic E-state index is 6.32. The Kier molecular flexibility index (Phi) is 9.81. The van der Waals surface area contributed by atoms with Crippen LogP contribution in [0.4, 0.5) is 0 Å². The maximum absolute atomic E-state index is 6.32. The molecule has 4 rings (SSSR count). The molecule has 3 nitrogen and oxygen atoms in total. The standard InChI is InChI=1S/C33H34ClNO2/c1-35(2)23-24-36-30-17-13-28(14-18-30)33(32(21-22-34)27-11-7-4-8-12-27)29-15-19-31(20-16-29)37-25-26-9-5-3-6-10-26/h3-20H,21-25H2,1-2H3. The topological polar surface area (TPSA) is 21.7 Å². The number of benzene rings is 4. The van der Waals surface area contributed by atoms with Gasteiger partial charge in [-0.3, -0.25) is 0 Å². The smallest absolute Gasteiger partial charge is 0.119 e. The van der Waals surface area contributed by atoms with Gasteiger partial charge < -0.3 is 14.4 Å². The van der Waals surface area contributed by atoms with Gasteiger partial charge in [0, 0.05) is 12.4 Å². The average Bonchev–Trinajstić information content (AvgIpc) is 2.94. The number of allylic oxidation sites excluding steroid dienone is 1. The van der Waals surface area contributed by atoms with E-state index in [1.807, 2.05) is 62.6 Å². The summed E-state index contributed by atoms with van der Waals surface area (Å²) in [6, 6.07) is 37.4. The van der Waals surface area contributed by atoms with Gasteiger partial charge in [0.05, 0.1) is 0 Å². The second-order valence-electron chi connectivity index (χ2n) is 9.13. The molecular weight excluding hydrogens is 478 g/mol. The molecule has 0 aliphatic heterocycles. The lowest BCUT2D eigenvalue weighted by molar-refractivity contribution is 0.261. The Labute approximate surface area is 225 Å². The number of rotatable bonds is 12. The van der Waals surface area contributed by atoms with Crippen molar-refractivity contribution in [1.82, 2.24) is 4.90 Å². The van der Waals surface area contributed by atoms with E-state index in [0.29, 0.717) is 19.1 Å². The lowest BCUT2D eigenvalue weighted by Crippen LogP contribution is -2.19. The molecule has 0 aliphatic carbocycles. The first kappa shape index (κ1) is 26.5. The molecule has 0 amide bonds. The molecule has 0 bridgehead atoms. The van der Waals surface area contributed by atoms with Crippen molar-refractivity contribution in [2.75, 3.05) is 33.1 Å². The summed E-state index contributed by atoms with van der Waals surface area (Å²) in [5.41, 5.74) is 6.96. The van der Waals surface area contributed by atoms with Gasteiger partial charge in [-0.25, -0.2) is 0 Å². The molecule has 0 heterocycles. The van der Waals surface area contributed by atoms with Crippen LogP contribution in [0.1, 0.15) is 28.7 Å². The van der Waals surface area contributed by atoms with E-state index in [1.165, 1.54) is 16.7 Å². The summed E-state index contributed by atoms with van der Waals surface area (Å²) in [5.74, 6) is 2.25. The van der Waals surface area contributed by atoms with Gasteiger partial charge in [-0.1, -0.05) is 84.9 Å². The zero-order valence-corrected chi connectivity index (χ0v) is 22.3. The third kappa shape index (κ3) is 7.72. The van der Waals surface area contributed by atoms with Gasteiger partial charge in [0.1, 0.15) is 24.7 Å². The van der Waals surface area contributed by atoms with Crippen molar-refractivity contribution in [1.29, 1.82) is 0 Å². The van der Waals surface area contributed by atoms with Gasteiger partial charge in [-0.2, -0.15) is 0 Å². The zero-order chi connectivity index (χ0) is 25.9. The molecule has 0 spiro atoms. The molecule has 4 heteroatoms. The van der Waals surface area contributed by atoms with E-state index in [0.717, 1.165) is 41.2 Å². The third-order valence-corrected chi connectivity index (χ3v) is 6.30. The van der Waals surface area contributed by atoms with E-state index >= 15 is 0 Å². The van der Waals surface area contributed by atoms with Crippen LogP contribution in [-0.4, -0.2) is 38.0 Å². The summed E-state index contributed by atoms with van der Waals surface area (Å²) in [7, 11) is 4.09. The largest absolute Gasteiger partial charge is 0.492 e. The average molecular weight is 512 g/mol. The number of ether oxygens (including phenoxy) is 2. The van der Waals surface area contributed by atoms with Crippen molar-refractivity contribution in [2.45, 2.75) is 13.0 Å². The van der Waals surface area contributed by atoms with Crippen molar-refractivity contribution in [3.05, 3.63) is 131 Å². The van der Waals surface area contributed by atoms with Crippen LogP contribution < -0.4 is 9.47 Å². The first-order valence-corrected chi connectivity index (χ1v) is 13.2. The molecule has 190 valence electrons. The SMILES string of the molecule is CN(C)CCOc1ccc(C(=C(CCCl)c2ccccc2)c2ccc(OCc3ccccc3)cc2)cc1. The Balaban J connectivity index is 1.66. The van der Waals surface area contributed by atoms with Crippen LogP contribution in [0.15, 0.2) is 109 Å². The lowest BCUT2D eigenvalue weighted by Gasteiger charge is -2.18. The van der Waals surface area contributed by atoms with E-state index in [9.17, 15) is 0 Å². The Morgan fingerprint density at radius 3 is 1.73 bits per heavy atom. The highest BCUT2D eigenvalue weighted by Gasteiger charge is 2.15. The molecule has 0 aromatic heterocycles. The van der Waals surface area contributed by atoms with E-state index in [2.05, 4.69) is 65.6 Å². The van der Waals surface area contributed by atoms with Crippen molar-refractivity contribution in [2.24, 2.45) is 0 Å². The van der Waals surface area contributed by atoms with E-state index in [1.54, 1.807) is 0 Å². The number of hydrogen-bond acceptors (Lipinski definition) is 3. The quantitative estimate of drug-likeness (QED) is 0.143. The van der Waals surface area contributed by atoms with E-state index in [4.69, 9.17) is 21.1 Å². The number of nitrogens with zero attached hydrogens (tertiary/aromatic N) is 1. The number of alkyl halides is 1. The highest BCUT2D eigenvalue weighted by Crippen LogP contribution is 2.36. The Hall–Kier alpha value is -3.53. The molecule has 4 aromatic rings. The molecular formula is C33H34ClNO2. The van der Waals surface area contributed by atoms with Crippen molar-refractivity contribution < 1.29 is 9.47 Å². The molecule has 0 N–H and O–H groups in total. The number of likely N-dealkylation sites (N-methyl/N-ethyl adjacent to an activating group) is 1. The third-order valence-electron chi connectivity index (χ3n) is 6.11. The van der Waals surface area contributed by atoms with Gasteiger partial charge in [0.15, 0.2) is 0 Å². The van der Waals surface area contributed by atoms with Crippen molar-refractivity contribution in [3.63, 3.8) is 0 Å². The molecule has 37 heavy (non-hydrogen) atoms. The summed E-state index contributed by atoms with van der Waals surface area (Å²) in [6.45, 7) is 2.07. The fraction of sp³-hybridized carbons (Fsp3) is 0.212. The second-order valence-corrected chi connectivity index (χ2v) is 9.51. The van der Waals surface area contributed by atoms with Gasteiger partial charge in [-0.05, 0) is 78.2 Å². The molecule has 0 radical (unpaired) electrons. The summed E-state index contributed by atoms with van der Waals surface area (Å²) >= 11 is 6.32. The summed E-state index contributed by atoms with van der Waals surface area (Å²) < 4.78 is 12.0. The Morgan fingerprint density at radius 2 is 1.19 bits per heavy atom. The predicted molar refractivity (Wildman–Crippen MR) is 155 cm³/mol. The highest BCUT2D eigenvalue weighted by atomic mass is 35.5. The van der Waals surface area contributed by atoms with Crippen LogP contribution >= 0.6 is 11.6 Å². The van der Waals surface area contributed by atoms with E-state index in [-0.39, 0.29) is 0 Å². The fourth-order valence-corrected chi connectivity index (χ4v) is 4.37. The van der Waals surface area contributed by atoms with Gasteiger partial charge in [-0.15, -0.1) is 11.6 Å². The fourth-order valence-electron chi connectivity index (χ4n) is 4.19. The van der Waals surface area contributed by atoms with Gasteiger partial charge in [0.2, 0.25) is 0 Å². The summed E-state index contributed by atoms with van der Waals surface area (Å²) in [6.07, 6.45) is 0.758. The van der Waals surface area contributed by atoms with E-state index < -0.39 is 0 Å². The van der Waals surface area contributed by atoms with Crippen LogP contribution in [0, 0.1) is 0 Å². The maximum Gasteiger partial charge on any atom is 0.119 e. The van der Waals surface area contributed by atoms with Crippen LogP contribution in [0.25, 0.3) is 11.1 Å². The summed E-state index contributed by atoms with van der Waals surface area (Å²) in [5, 5.41) is 0.